The highest BCUT2D eigenvalue weighted by Gasteiger charge is 2.27. The monoisotopic (exact) mass is 346 g/mol. The topological polar surface area (TPSA) is 52.9 Å². The van der Waals surface area contributed by atoms with Crippen molar-refractivity contribution in [3.63, 3.8) is 0 Å². The third-order valence-electron chi connectivity index (χ3n) is 3.58. The van der Waals surface area contributed by atoms with Crippen LogP contribution in [-0.4, -0.2) is 23.8 Å². The van der Waals surface area contributed by atoms with Gasteiger partial charge in [-0.2, -0.15) is 0 Å². The molecule has 4 nitrogen and oxygen atoms in total. The number of halogens is 2. The number of aliphatic imine (C=N–C) groups is 1. The average molecular weight is 347 g/mol. The van der Waals surface area contributed by atoms with Gasteiger partial charge in [-0.15, -0.1) is 0 Å². The zero-order valence-corrected chi connectivity index (χ0v) is 13.6. The molecule has 0 radical (unpaired) electrons. The largest absolute Gasteiger partial charge is 0.513 e. The molecule has 0 aliphatic carbocycles. The van der Waals surface area contributed by atoms with E-state index >= 15 is 0 Å². The molecule has 1 amide bonds. The van der Waals surface area contributed by atoms with Crippen LogP contribution in [0.1, 0.15) is 11.1 Å². The fraction of sp³-hybridized carbons (Fsp3) is 0.0588. The lowest BCUT2D eigenvalue weighted by Gasteiger charge is -2.18. The Morgan fingerprint density at radius 1 is 1.13 bits per heavy atom. The van der Waals surface area contributed by atoms with E-state index in [4.69, 9.17) is 23.2 Å². The number of likely N-dealkylation sites (N-methyl/N-ethyl adjacent to an activating group) is 1. The first-order valence-electron chi connectivity index (χ1n) is 6.79. The van der Waals surface area contributed by atoms with Crippen molar-refractivity contribution in [2.75, 3.05) is 11.9 Å². The molecule has 0 spiro atoms. The summed E-state index contributed by atoms with van der Waals surface area (Å²) in [4.78, 5) is 18.2. The molecule has 0 unspecified atom stereocenters. The minimum atomic E-state index is -0.418. The molecule has 6 heteroatoms. The van der Waals surface area contributed by atoms with Gasteiger partial charge in [-0.05, 0) is 24.3 Å². The first-order valence-corrected chi connectivity index (χ1v) is 7.54. The number of benzodiazepines with no additional fused rings is 1. The number of carbonyl (C=O) groups is 1. The van der Waals surface area contributed by atoms with Gasteiger partial charge in [0.25, 0.3) is 5.91 Å². The number of benzene rings is 2. The van der Waals surface area contributed by atoms with Crippen LogP contribution in [0.4, 0.5) is 5.69 Å². The van der Waals surface area contributed by atoms with E-state index in [1.807, 2.05) is 12.1 Å². The predicted octanol–water partition coefficient (Wildman–Crippen LogP) is 4.21. The summed E-state index contributed by atoms with van der Waals surface area (Å²) >= 11 is 12.4. The SMILES string of the molecule is CN1C(=O)C(=CO)N=C(c2ccccc2Cl)c2cc(Cl)ccc21. The molecular formula is C17H12Cl2N2O2. The van der Waals surface area contributed by atoms with Crippen LogP contribution < -0.4 is 4.90 Å². The Morgan fingerprint density at radius 2 is 1.87 bits per heavy atom. The van der Waals surface area contributed by atoms with Gasteiger partial charge in [-0.1, -0.05) is 41.4 Å². The minimum absolute atomic E-state index is 0.0743. The van der Waals surface area contributed by atoms with Gasteiger partial charge in [-0.3, -0.25) is 4.79 Å². The summed E-state index contributed by atoms with van der Waals surface area (Å²) in [7, 11) is 1.61. The summed E-state index contributed by atoms with van der Waals surface area (Å²) in [5.74, 6) is -0.418. The Balaban J connectivity index is 2.36. The number of nitrogens with zero attached hydrogens (tertiary/aromatic N) is 2. The normalized spacial score (nSPS) is 16.1. The van der Waals surface area contributed by atoms with Crippen LogP contribution in [0.2, 0.25) is 10.0 Å². The molecule has 1 heterocycles. The first kappa shape index (κ1) is 15.6. The van der Waals surface area contributed by atoms with Crippen molar-refractivity contribution in [3.05, 3.63) is 75.6 Å². The van der Waals surface area contributed by atoms with Crippen molar-refractivity contribution in [3.8, 4) is 0 Å². The van der Waals surface area contributed by atoms with Gasteiger partial charge in [0.05, 0.1) is 11.4 Å². The maximum atomic E-state index is 12.4. The summed E-state index contributed by atoms with van der Waals surface area (Å²) in [5, 5.41) is 10.4. The van der Waals surface area contributed by atoms with Crippen molar-refractivity contribution in [1.82, 2.24) is 0 Å². The molecular weight excluding hydrogens is 335 g/mol. The summed E-state index contributed by atoms with van der Waals surface area (Å²) in [5.41, 5.74) is 2.36. The van der Waals surface area contributed by atoms with Gasteiger partial charge in [0, 0.05) is 28.2 Å². The van der Waals surface area contributed by atoms with Crippen molar-refractivity contribution >= 4 is 40.5 Å². The molecule has 2 aromatic rings. The molecule has 0 atom stereocenters. The van der Waals surface area contributed by atoms with Crippen LogP contribution in [-0.2, 0) is 4.79 Å². The molecule has 2 aromatic carbocycles. The fourth-order valence-corrected chi connectivity index (χ4v) is 2.84. The van der Waals surface area contributed by atoms with Gasteiger partial charge in [0.1, 0.15) is 6.26 Å². The third kappa shape index (κ3) is 2.71. The lowest BCUT2D eigenvalue weighted by Crippen LogP contribution is -2.26. The smallest absolute Gasteiger partial charge is 0.279 e. The van der Waals surface area contributed by atoms with E-state index in [0.717, 1.165) is 0 Å². The summed E-state index contributed by atoms with van der Waals surface area (Å²) < 4.78 is 0. The Morgan fingerprint density at radius 3 is 2.57 bits per heavy atom. The molecule has 1 aliphatic rings. The van der Waals surface area contributed by atoms with Gasteiger partial charge in [-0.25, -0.2) is 4.99 Å². The quantitative estimate of drug-likeness (QED) is 0.621. The second-order valence-electron chi connectivity index (χ2n) is 4.98. The second kappa shape index (κ2) is 6.07. The van der Waals surface area contributed by atoms with Gasteiger partial charge in [0.2, 0.25) is 0 Å². The van der Waals surface area contributed by atoms with Crippen molar-refractivity contribution in [2.24, 2.45) is 4.99 Å². The zero-order valence-electron chi connectivity index (χ0n) is 12.1. The number of aliphatic hydroxyl groups is 1. The number of amides is 1. The lowest BCUT2D eigenvalue weighted by molar-refractivity contribution is -0.115. The molecule has 0 fully saturated rings. The van der Waals surface area contributed by atoms with E-state index in [1.165, 1.54) is 4.90 Å². The van der Waals surface area contributed by atoms with Crippen LogP contribution in [0.15, 0.2) is 59.4 Å². The molecule has 1 aliphatic heterocycles. The standard InChI is InChI=1S/C17H12Cl2N2O2/c1-21-15-7-6-10(18)8-12(15)16(20-14(9-22)17(21)23)11-4-2-3-5-13(11)19/h2-9,22H,1H3. The predicted molar refractivity (Wildman–Crippen MR) is 92.7 cm³/mol. The molecule has 0 aromatic heterocycles. The van der Waals surface area contributed by atoms with Gasteiger partial charge >= 0.3 is 0 Å². The molecule has 3 rings (SSSR count). The Bertz CT molecular complexity index is 859. The fourth-order valence-electron chi connectivity index (χ4n) is 2.44. The highest BCUT2D eigenvalue weighted by Crippen LogP contribution is 2.32. The van der Waals surface area contributed by atoms with Crippen LogP contribution >= 0.6 is 23.2 Å². The maximum absolute atomic E-state index is 12.4. The van der Waals surface area contributed by atoms with E-state index in [9.17, 15) is 9.90 Å². The Hall–Kier alpha value is -2.30. The number of hydrogen-bond donors (Lipinski definition) is 1. The molecule has 0 bridgehead atoms. The van der Waals surface area contributed by atoms with Crippen LogP contribution in [0.5, 0.6) is 0 Å². The van der Waals surface area contributed by atoms with E-state index in [0.29, 0.717) is 38.8 Å². The Labute approximate surface area is 143 Å². The number of rotatable bonds is 1. The summed E-state index contributed by atoms with van der Waals surface area (Å²) in [6, 6.07) is 12.3. The molecule has 116 valence electrons. The molecule has 0 saturated carbocycles. The van der Waals surface area contributed by atoms with E-state index in [2.05, 4.69) is 4.99 Å². The van der Waals surface area contributed by atoms with Crippen molar-refractivity contribution in [1.29, 1.82) is 0 Å². The van der Waals surface area contributed by atoms with E-state index in [1.54, 1.807) is 37.4 Å². The zero-order chi connectivity index (χ0) is 16.6. The van der Waals surface area contributed by atoms with E-state index in [-0.39, 0.29) is 5.70 Å². The second-order valence-corrected chi connectivity index (χ2v) is 5.82. The first-order chi connectivity index (χ1) is 11.0. The highest BCUT2D eigenvalue weighted by molar-refractivity contribution is 6.37. The summed E-state index contributed by atoms with van der Waals surface area (Å²) in [6.45, 7) is 0. The van der Waals surface area contributed by atoms with E-state index < -0.39 is 5.91 Å². The highest BCUT2D eigenvalue weighted by atomic mass is 35.5. The molecule has 23 heavy (non-hydrogen) atoms. The number of anilines is 1. The summed E-state index contributed by atoms with van der Waals surface area (Å²) in [6.07, 6.45) is 0.698. The van der Waals surface area contributed by atoms with Crippen molar-refractivity contribution in [2.45, 2.75) is 0 Å². The van der Waals surface area contributed by atoms with Crippen LogP contribution in [0.3, 0.4) is 0 Å². The number of carbonyl (C=O) groups excluding carboxylic acids is 1. The van der Waals surface area contributed by atoms with Gasteiger partial charge in [0.15, 0.2) is 5.70 Å². The number of hydrogen-bond acceptors (Lipinski definition) is 3. The lowest BCUT2D eigenvalue weighted by atomic mass is 10.00. The maximum Gasteiger partial charge on any atom is 0.279 e. The minimum Gasteiger partial charge on any atom is -0.513 e. The van der Waals surface area contributed by atoms with Gasteiger partial charge < -0.3 is 10.0 Å². The average Bonchev–Trinajstić information content (AvgIpc) is 2.65. The van der Waals surface area contributed by atoms with Crippen LogP contribution in [0, 0.1) is 0 Å². The molecule has 1 N–H and O–H groups in total. The van der Waals surface area contributed by atoms with Crippen LogP contribution in [0.25, 0.3) is 0 Å². The third-order valence-corrected chi connectivity index (χ3v) is 4.15. The van der Waals surface area contributed by atoms with Crippen molar-refractivity contribution < 1.29 is 9.90 Å². The number of aliphatic hydroxyl groups excluding tert-OH is 1. The molecule has 0 saturated heterocycles. The Kier molecular flexibility index (Phi) is 4.11. The number of fused-ring (bicyclic) bond motifs is 1.